The molecule has 1 aliphatic carbocycles. The fourth-order valence-corrected chi connectivity index (χ4v) is 2.49. The zero-order chi connectivity index (χ0) is 13.4. The van der Waals surface area contributed by atoms with Crippen LogP contribution in [0.5, 0.6) is 0 Å². The fourth-order valence-electron chi connectivity index (χ4n) is 2.49. The summed E-state index contributed by atoms with van der Waals surface area (Å²) in [6.45, 7) is 0. The van der Waals surface area contributed by atoms with E-state index in [1.165, 1.54) is 12.1 Å². The highest BCUT2D eigenvalue weighted by molar-refractivity contribution is 5.29. The van der Waals surface area contributed by atoms with E-state index in [-0.39, 0.29) is 5.56 Å². The number of benzene rings is 1. The van der Waals surface area contributed by atoms with Gasteiger partial charge in [0, 0.05) is 0 Å². The summed E-state index contributed by atoms with van der Waals surface area (Å²) in [5.41, 5.74) is 4.12. The van der Waals surface area contributed by atoms with Crippen LogP contribution in [0.3, 0.4) is 0 Å². The molecule has 1 aromatic rings. The number of alkyl halides is 4. The number of nitrogens with two attached hydrogens (primary N) is 1. The van der Waals surface area contributed by atoms with Gasteiger partial charge >= 0.3 is 6.18 Å². The molecule has 18 heavy (non-hydrogen) atoms. The van der Waals surface area contributed by atoms with Crippen LogP contribution in [0.15, 0.2) is 24.3 Å². The Kier molecular flexibility index (Phi) is 3.36. The van der Waals surface area contributed by atoms with E-state index in [1.54, 1.807) is 0 Å². The molecule has 0 saturated heterocycles. The number of halogens is 4. The maximum Gasteiger partial charge on any atom is 0.416 e. The van der Waals surface area contributed by atoms with Crippen molar-refractivity contribution in [3.05, 3.63) is 35.4 Å². The van der Waals surface area contributed by atoms with Crippen LogP contribution in [-0.4, -0.2) is 5.54 Å². The highest BCUT2D eigenvalue weighted by Crippen LogP contribution is 2.41. The molecule has 0 amide bonds. The van der Waals surface area contributed by atoms with Gasteiger partial charge in [0.05, 0.1) is 11.1 Å². The monoisotopic (exact) mass is 261 g/mol. The standard InChI is InChI=1S/C13H15F4N/c14-11(12(18)6-1-2-7-12)9-4-3-5-10(8-9)13(15,16)17/h3-5,8,11H,1-2,6-7,18H2. The van der Waals surface area contributed by atoms with Crippen molar-refractivity contribution in [3.8, 4) is 0 Å². The van der Waals surface area contributed by atoms with Gasteiger partial charge in [-0.15, -0.1) is 0 Å². The molecular weight excluding hydrogens is 246 g/mol. The molecule has 2 rings (SSSR count). The molecule has 1 unspecified atom stereocenters. The molecule has 1 aromatic carbocycles. The minimum atomic E-state index is -4.45. The van der Waals surface area contributed by atoms with E-state index >= 15 is 0 Å². The van der Waals surface area contributed by atoms with Crippen LogP contribution in [0.2, 0.25) is 0 Å². The average Bonchev–Trinajstić information content (AvgIpc) is 2.75. The van der Waals surface area contributed by atoms with Crippen LogP contribution in [0.25, 0.3) is 0 Å². The molecule has 1 atom stereocenters. The van der Waals surface area contributed by atoms with Gasteiger partial charge in [0.25, 0.3) is 0 Å². The van der Waals surface area contributed by atoms with Gasteiger partial charge < -0.3 is 5.73 Å². The zero-order valence-electron chi connectivity index (χ0n) is 9.80. The SMILES string of the molecule is NC1(C(F)c2cccc(C(F)(F)F)c2)CCCC1. The lowest BCUT2D eigenvalue weighted by molar-refractivity contribution is -0.137. The molecule has 0 radical (unpaired) electrons. The molecule has 5 heteroatoms. The Labute approximate surface area is 103 Å². The Hall–Kier alpha value is -1.10. The van der Waals surface area contributed by atoms with Crippen molar-refractivity contribution in [2.24, 2.45) is 5.73 Å². The van der Waals surface area contributed by atoms with Crippen molar-refractivity contribution < 1.29 is 17.6 Å². The predicted molar refractivity (Wildman–Crippen MR) is 60.7 cm³/mol. The van der Waals surface area contributed by atoms with Crippen LogP contribution in [0, 0.1) is 0 Å². The molecule has 1 aliphatic rings. The third-order valence-corrected chi connectivity index (χ3v) is 3.55. The van der Waals surface area contributed by atoms with Crippen molar-refractivity contribution in [2.45, 2.75) is 43.6 Å². The van der Waals surface area contributed by atoms with Crippen molar-refractivity contribution in [1.82, 2.24) is 0 Å². The topological polar surface area (TPSA) is 26.0 Å². The average molecular weight is 261 g/mol. The summed E-state index contributed by atoms with van der Waals surface area (Å²) in [6.07, 6.45) is -3.30. The third kappa shape index (κ3) is 2.51. The second kappa shape index (κ2) is 4.53. The van der Waals surface area contributed by atoms with Gasteiger partial charge in [-0.2, -0.15) is 13.2 Å². The minimum absolute atomic E-state index is 0.0224. The van der Waals surface area contributed by atoms with Gasteiger partial charge in [-0.3, -0.25) is 0 Å². The molecule has 1 saturated carbocycles. The van der Waals surface area contributed by atoms with Crippen molar-refractivity contribution in [3.63, 3.8) is 0 Å². The Morgan fingerprint density at radius 3 is 2.33 bits per heavy atom. The van der Waals surface area contributed by atoms with E-state index in [4.69, 9.17) is 5.73 Å². The van der Waals surface area contributed by atoms with Crippen molar-refractivity contribution in [1.29, 1.82) is 0 Å². The smallest absolute Gasteiger partial charge is 0.322 e. The van der Waals surface area contributed by atoms with Crippen LogP contribution in [0.4, 0.5) is 17.6 Å². The molecule has 0 bridgehead atoms. The van der Waals surface area contributed by atoms with Crippen molar-refractivity contribution in [2.75, 3.05) is 0 Å². The maximum absolute atomic E-state index is 14.3. The number of hydrogen-bond acceptors (Lipinski definition) is 1. The van der Waals surface area contributed by atoms with E-state index in [0.717, 1.165) is 25.0 Å². The van der Waals surface area contributed by atoms with Crippen LogP contribution in [0.1, 0.15) is 43.0 Å². The Morgan fingerprint density at radius 1 is 1.17 bits per heavy atom. The van der Waals surface area contributed by atoms with Gasteiger partial charge in [-0.05, 0) is 30.5 Å². The van der Waals surface area contributed by atoms with Gasteiger partial charge in [-0.1, -0.05) is 25.0 Å². The Balaban J connectivity index is 2.28. The van der Waals surface area contributed by atoms with Gasteiger partial charge in [0.1, 0.15) is 6.17 Å². The second-order valence-electron chi connectivity index (χ2n) is 4.93. The Bertz CT molecular complexity index is 421. The Morgan fingerprint density at radius 2 is 1.78 bits per heavy atom. The van der Waals surface area contributed by atoms with Crippen LogP contribution < -0.4 is 5.73 Å². The molecule has 0 aliphatic heterocycles. The highest BCUT2D eigenvalue weighted by Gasteiger charge is 2.40. The quantitative estimate of drug-likeness (QED) is 0.800. The van der Waals surface area contributed by atoms with E-state index in [0.29, 0.717) is 12.8 Å². The summed E-state index contributed by atoms with van der Waals surface area (Å²) in [6, 6.07) is 4.39. The first-order valence-corrected chi connectivity index (χ1v) is 5.93. The van der Waals surface area contributed by atoms with Crippen LogP contribution in [-0.2, 0) is 6.18 Å². The van der Waals surface area contributed by atoms with E-state index in [1.807, 2.05) is 0 Å². The molecular formula is C13H15F4N. The highest BCUT2D eigenvalue weighted by atomic mass is 19.4. The minimum Gasteiger partial charge on any atom is -0.322 e. The van der Waals surface area contributed by atoms with Crippen molar-refractivity contribution >= 4 is 0 Å². The predicted octanol–water partition coefficient (Wildman–Crippen LogP) is 3.99. The van der Waals surface area contributed by atoms with Gasteiger partial charge in [0.2, 0.25) is 0 Å². The van der Waals surface area contributed by atoms with Gasteiger partial charge in [-0.25, -0.2) is 4.39 Å². The number of rotatable bonds is 2. The first-order valence-electron chi connectivity index (χ1n) is 5.93. The third-order valence-electron chi connectivity index (χ3n) is 3.55. The molecule has 1 nitrogen and oxygen atoms in total. The summed E-state index contributed by atoms with van der Waals surface area (Å²) in [5, 5.41) is 0. The van der Waals surface area contributed by atoms with Gasteiger partial charge in [0.15, 0.2) is 0 Å². The second-order valence-corrected chi connectivity index (χ2v) is 4.93. The lowest BCUT2D eigenvalue weighted by Gasteiger charge is -2.28. The van der Waals surface area contributed by atoms with Crippen LogP contribution >= 0.6 is 0 Å². The molecule has 0 aromatic heterocycles. The summed E-state index contributed by atoms with van der Waals surface area (Å²) < 4.78 is 52.0. The molecule has 100 valence electrons. The summed E-state index contributed by atoms with van der Waals surface area (Å²) >= 11 is 0. The fraction of sp³-hybridized carbons (Fsp3) is 0.538. The largest absolute Gasteiger partial charge is 0.416 e. The molecule has 0 heterocycles. The maximum atomic E-state index is 14.3. The lowest BCUT2D eigenvalue weighted by atomic mass is 9.87. The molecule has 0 spiro atoms. The number of hydrogen-bond donors (Lipinski definition) is 1. The normalized spacial score (nSPS) is 20.9. The van der Waals surface area contributed by atoms with E-state index < -0.39 is 23.5 Å². The summed E-state index contributed by atoms with van der Waals surface area (Å²) in [5.74, 6) is 0. The summed E-state index contributed by atoms with van der Waals surface area (Å²) in [7, 11) is 0. The van der Waals surface area contributed by atoms with E-state index in [2.05, 4.69) is 0 Å². The van der Waals surface area contributed by atoms with E-state index in [9.17, 15) is 17.6 Å². The molecule has 1 fully saturated rings. The summed E-state index contributed by atoms with van der Waals surface area (Å²) in [4.78, 5) is 0. The first kappa shape index (κ1) is 13.3. The lowest BCUT2D eigenvalue weighted by Crippen LogP contribution is -2.41. The zero-order valence-corrected chi connectivity index (χ0v) is 9.80. The first-order chi connectivity index (χ1) is 8.33. The molecule has 2 N–H and O–H groups in total.